The monoisotopic (exact) mass is 539 g/mol. The predicted molar refractivity (Wildman–Crippen MR) is 142 cm³/mol. The van der Waals surface area contributed by atoms with Gasteiger partial charge >= 0.3 is 0 Å². The number of hydrogen-bond donors (Lipinski definition) is 2. The van der Waals surface area contributed by atoms with Gasteiger partial charge in [-0.25, -0.2) is 13.2 Å². The fourth-order valence-corrected chi connectivity index (χ4v) is 5.09. The van der Waals surface area contributed by atoms with Crippen LogP contribution in [0.1, 0.15) is 43.7 Å². The molecule has 1 saturated heterocycles. The zero-order valence-corrected chi connectivity index (χ0v) is 21.7. The molecular formula is C27H28F3N7O2. The molecular weight excluding hydrogens is 511 g/mol. The molecule has 0 saturated carbocycles. The molecule has 12 heteroatoms. The molecule has 0 unspecified atom stereocenters. The highest BCUT2D eigenvalue weighted by molar-refractivity contribution is 6.09. The lowest BCUT2D eigenvalue weighted by atomic mass is 10.0. The molecule has 1 amide bonds. The summed E-state index contributed by atoms with van der Waals surface area (Å²) in [4.78, 5) is 27.7. The van der Waals surface area contributed by atoms with Gasteiger partial charge in [-0.3, -0.25) is 14.3 Å². The van der Waals surface area contributed by atoms with Crippen molar-refractivity contribution >= 4 is 28.2 Å². The summed E-state index contributed by atoms with van der Waals surface area (Å²) in [6, 6.07) is 6.21. The first-order chi connectivity index (χ1) is 18.6. The first kappa shape index (κ1) is 26.4. The van der Waals surface area contributed by atoms with Crippen molar-refractivity contribution in [3.63, 3.8) is 0 Å². The molecule has 3 N–H and O–H groups in total. The van der Waals surface area contributed by atoms with Gasteiger partial charge in [-0.2, -0.15) is 14.9 Å². The fraction of sp³-hybridized carbons (Fsp3) is 0.333. The van der Waals surface area contributed by atoms with Gasteiger partial charge in [0.15, 0.2) is 17.5 Å². The molecule has 1 aliphatic rings. The molecule has 0 spiro atoms. The van der Waals surface area contributed by atoms with Crippen molar-refractivity contribution in [1.29, 1.82) is 0 Å². The molecule has 1 fully saturated rings. The Bertz CT molecular complexity index is 1610. The van der Waals surface area contributed by atoms with E-state index in [9.17, 15) is 18.4 Å². The van der Waals surface area contributed by atoms with Crippen LogP contribution in [-0.4, -0.2) is 44.6 Å². The van der Waals surface area contributed by atoms with E-state index in [0.717, 1.165) is 36.8 Å². The number of nitrogens with two attached hydrogens (primary N) is 1. The summed E-state index contributed by atoms with van der Waals surface area (Å²) in [7, 11) is 0. The van der Waals surface area contributed by atoms with E-state index in [2.05, 4.69) is 15.5 Å². The maximum absolute atomic E-state index is 15.5. The van der Waals surface area contributed by atoms with Crippen molar-refractivity contribution < 1.29 is 18.0 Å². The van der Waals surface area contributed by atoms with Crippen molar-refractivity contribution in [3.8, 4) is 5.69 Å². The second kappa shape index (κ2) is 10.2. The van der Waals surface area contributed by atoms with Gasteiger partial charge in [0.05, 0.1) is 17.6 Å². The topological polar surface area (TPSA) is 111 Å². The third-order valence-corrected chi connectivity index (χ3v) is 7.05. The van der Waals surface area contributed by atoms with Gasteiger partial charge in [0.2, 0.25) is 0 Å². The highest BCUT2D eigenvalue weighted by Crippen LogP contribution is 2.40. The summed E-state index contributed by atoms with van der Waals surface area (Å²) >= 11 is 0. The molecule has 4 aromatic rings. The first-order valence-electron chi connectivity index (χ1n) is 12.7. The van der Waals surface area contributed by atoms with Crippen molar-refractivity contribution in [2.45, 2.75) is 39.3 Å². The fourth-order valence-electron chi connectivity index (χ4n) is 5.09. The van der Waals surface area contributed by atoms with Gasteiger partial charge in [-0.1, -0.05) is 19.4 Å². The third-order valence-electron chi connectivity index (χ3n) is 7.05. The van der Waals surface area contributed by atoms with Crippen LogP contribution in [0.4, 0.5) is 24.5 Å². The maximum Gasteiger partial charge on any atom is 0.276 e. The number of aromatic nitrogens is 4. The molecule has 204 valence electrons. The molecule has 2 atom stereocenters. The second-order valence-corrected chi connectivity index (χ2v) is 9.93. The molecule has 0 aliphatic carbocycles. The van der Waals surface area contributed by atoms with E-state index in [1.54, 1.807) is 10.9 Å². The third kappa shape index (κ3) is 4.65. The van der Waals surface area contributed by atoms with Crippen LogP contribution in [0.3, 0.4) is 0 Å². The van der Waals surface area contributed by atoms with Crippen molar-refractivity contribution in [2.75, 3.05) is 23.3 Å². The Hall–Kier alpha value is -4.19. The zero-order chi connectivity index (χ0) is 28.0. The summed E-state index contributed by atoms with van der Waals surface area (Å²) in [6.07, 6.45) is 2.42. The zero-order valence-electron chi connectivity index (χ0n) is 21.7. The minimum absolute atomic E-state index is 0.111. The number of benzene rings is 2. The Balaban J connectivity index is 1.59. The number of fused-ring (bicyclic) bond motifs is 1. The van der Waals surface area contributed by atoms with E-state index >= 15 is 4.39 Å². The van der Waals surface area contributed by atoms with Gasteiger partial charge < -0.3 is 16.0 Å². The van der Waals surface area contributed by atoms with Crippen LogP contribution in [0.5, 0.6) is 0 Å². The van der Waals surface area contributed by atoms with Crippen molar-refractivity contribution in [2.24, 2.45) is 11.7 Å². The van der Waals surface area contributed by atoms with E-state index < -0.39 is 34.6 Å². The molecule has 2 aromatic heterocycles. The molecule has 1 aliphatic heterocycles. The number of carbonyl (C=O) groups is 1. The SMILES string of the molecule is CC[C@H]1CN(c2c(NC(=O)c3ccc(=O)n(-c4c(F)cccc4F)n3)cc(F)c3c2cnn3C(C)C)C[C@H]1N. The minimum atomic E-state index is -1.02. The first-order valence-corrected chi connectivity index (χ1v) is 12.7. The number of nitrogens with zero attached hydrogens (tertiary/aromatic N) is 5. The number of carbonyl (C=O) groups excluding carboxylic acids is 1. The van der Waals surface area contributed by atoms with Crippen molar-refractivity contribution in [3.05, 3.63) is 76.1 Å². The Labute approximate surface area is 222 Å². The Morgan fingerprint density at radius 2 is 1.82 bits per heavy atom. The summed E-state index contributed by atoms with van der Waals surface area (Å²) in [5, 5.41) is 11.5. The number of rotatable bonds is 6. The normalized spacial score (nSPS) is 17.4. The van der Waals surface area contributed by atoms with Crippen molar-refractivity contribution in [1.82, 2.24) is 19.6 Å². The van der Waals surface area contributed by atoms with Gasteiger partial charge in [0.1, 0.15) is 16.9 Å². The van der Waals surface area contributed by atoms with Crippen LogP contribution < -0.4 is 21.5 Å². The average Bonchev–Trinajstić information content (AvgIpc) is 3.49. The quantitative estimate of drug-likeness (QED) is 0.383. The lowest BCUT2D eigenvalue weighted by Gasteiger charge is -2.24. The Morgan fingerprint density at radius 3 is 2.46 bits per heavy atom. The van der Waals surface area contributed by atoms with Crippen LogP contribution >= 0.6 is 0 Å². The number of anilines is 2. The van der Waals surface area contributed by atoms with E-state index in [0.29, 0.717) is 34.4 Å². The Kier molecular flexibility index (Phi) is 6.89. The summed E-state index contributed by atoms with van der Waals surface area (Å²) in [5.74, 6) is -3.22. The maximum atomic E-state index is 15.5. The van der Waals surface area contributed by atoms with Gasteiger partial charge in [0.25, 0.3) is 11.5 Å². The van der Waals surface area contributed by atoms with E-state index in [4.69, 9.17) is 5.73 Å². The lowest BCUT2D eigenvalue weighted by molar-refractivity contribution is 0.102. The average molecular weight is 540 g/mol. The lowest BCUT2D eigenvalue weighted by Crippen LogP contribution is -2.30. The number of amides is 1. The van der Waals surface area contributed by atoms with Gasteiger partial charge in [-0.15, -0.1) is 0 Å². The van der Waals surface area contributed by atoms with E-state index in [1.165, 1.54) is 6.07 Å². The van der Waals surface area contributed by atoms with E-state index in [-0.39, 0.29) is 29.4 Å². The van der Waals surface area contributed by atoms with E-state index in [1.807, 2.05) is 25.7 Å². The standard InChI is InChI=1S/C27H28F3N7O2/c1-4-15-12-35(13-20(15)31)25-16-11-32-36(14(2)3)24(16)19(30)10-22(25)33-27(39)21-8-9-23(38)37(34-21)26-17(28)6-5-7-18(26)29/h5-11,14-15,20H,4,12-13,31H2,1-3H3,(H,33,39)/t15-,20+/m0/s1. The van der Waals surface area contributed by atoms with Crippen LogP contribution in [0.2, 0.25) is 0 Å². The second-order valence-electron chi connectivity index (χ2n) is 9.93. The predicted octanol–water partition coefficient (Wildman–Crippen LogP) is 4.01. The van der Waals surface area contributed by atoms with Crippen LogP contribution in [0.25, 0.3) is 16.6 Å². The number of para-hydroxylation sites is 1. The molecule has 9 nitrogen and oxygen atoms in total. The molecule has 3 heterocycles. The highest BCUT2D eigenvalue weighted by Gasteiger charge is 2.33. The molecule has 39 heavy (non-hydrogen) atoms. The van der Waals surface area contributed by atoms with Crippen LogP contribution in [0.15, 0.2) is 47.4 Å². The number of halogens is 3. The minimum Gasteiger partial charge on any atom is -0.367 e. The molecule has 2 aromatic carbocycles. The smallest absolute Gasteiger partial charge is 0.276 e. The van der Waals surface area contributed by atoms with Gasteiger partial charge in [0, 0.05) is 42.7 Å². The van der Waals surface area contributed by atoms with Gasteiger partial charge in [-0.05, 0) is 38.0 Å². The summed E-state index contributed by atoms with van der Waals surface area (Å²) in [6.45, 7) is 6.92. The number of nitrogens with one attached hydrogen (secondary N) is 1. The highest BCUT2D eigenvalue weighted by atomic mass is 19.1. The largest absolute Gasteiger partial charge is 0.367 e. The molecule has 0 radical (unpaired) electrons. The number of hydrogen-bond acceptors (Lipinski definition) is 6. The Morgan fingerprint density at radius 1 is 1.10 bits per heavy atom. The summed E-state index contributed by atoms with van der Waals surface area (Å²) < 4.78 is 46.3. The van der Waals surface area contributed by atoms with Crippen LogP contribution in [0, 0.1) is 23.4 Å². The summed E-state index contributed by atoms with van der Waals surface area (Å²) in [5.41, 5.74) is 5.55. The molecule has 5 rings (SSSR count). The molecule has 0 bridgehead atoms. The van der Waals surface area contributed by atoms with Crippen LogP contribution in [-0.2, 0) is 0 Å².